The third-order valence-corrected chi connectivity index (χ3v) is 10.4. The van der Waals surface area contributed by atoms with E-state index in [2.05, 4.69) is 45.1 Å². The Morgan fingerprint density at radius 3 is 1.00 bits per heavy atom. The van der Waals surface area contributed by atoms with E-state index in [4.69, 9.17) is 14.2 Å². The van der Waals surface area contributed by atoms with E-state index in [-0.39, 0.29) is 31.1 Å². The lowest BCUT2D eigenvalue weighted by molar-refractivity contribution is -0.167. The van der Waals surface area contributed by atoms with Crippen molar-refractivity contribution in [3.05, 3.63) is 24.3 Å². The molecule has 0 aromatic rings. The molecule has 0 bridgehead atoms. The second kappa shape index (κ2) is 44.6. The molecule has 0 amide bonds. The van der Waals surface area contributed by atoms with Gasteiger partial charge in [-0.3, -0.25) is 14.4 Å². The molecule has 0 aromatic carbocycles. The number of hydrogen-bond donors (Lipinski definition) is 0. The van der Waals surface area contributed by atoms with Gasteiger partial charge in [-0.1, -0.05) is 193 Å². The van der Waals surface area contributed by atoms with Crippen LogP contribution in [0.2, 0.25) is 0 Å². The molecule has 0 N–H and O–H groups in total. The third kappa shape index (κ3) is 42.9. The van der Waals surface area contributed by atoms with Gasteiger partial charge in [-0.15, -0.1) is 0 Å². The fourth-order valence-electron chi connectivity index (χ4n) is 6.77. The molecule has 0 aliphatic rings. The summed E-state index contributed by atoms with van der Waals surface area (Å²) in [4.78, 5) is 37.8. The molecule has 322 valence electrons. The number of allylic oxidation sites excluding steroid dienone is 4. The minimum atomic E-state index is -0.772. The minimum absolute atomic E-state index is 0.0741. The Balaban J connectivity index is 4.35. The largest absolute Gasteiger partial charge is 0.462 e. The summed E-state index contributed by atoms with van der Waals surface area (Å²) in [6, 6.07) is 0. The Labute approximate surface area is 341 Å². The quantitative estimate of drug-likeness (QED) is 0.0266. The van der Waals surface area contributed by atoms with E-state index in [1.54, 1.807) is 0 Å². The van der Waals surface area contributed by atoms with E-state index in [1.807, 2.05) is 0 Å². The third-order valence-electron chi connectivity index (χ3n) is 10.4. The number of carbonyl (C=O) groups is 3. The first-order valence-corrected chi connectivity index (χ1v) is 23.8. The van der Waals surface area contributed by atoms with Crippen molar-refractivity contribution in [1.82, 2.24) is 0 Å². The molecule has 6 nitrogen and oxygen atoms in total. The first kappa shape index (κ1) is 52.9. The molecule has 6 heteroatoms. The van der Waals surface area contributed by atoms with E-state index < -0.39 is 6.10 Å². The number of esters is 3. The van der Waals surface area contributed by atoms with Gasteiger partial charge in [0.25, 0.3) is 0 Å². The molecule has 0 unspecified atom stereocenters. The summed E-state index contributed by atoms with van der Waals surface area (Å²) < 4.78 is 16.7. The van der Waals surface area contributed by atoms with Crippen LogP contribution in [0.15, 0.2) is 24.3 Å². The molecule has 0 aromatic heterocycles. The van der Waals surface area contributed by atoms with Crippen LogP contribution < -0.4 is 0 Å². The Morgan fingerprint density at radius 1 is 0.345 bits per heavy atom. The number of ether oxygens (including phenoxy) is 3. The topological polar surface area (TPSA) is 78.9 Å². The monoisotopic (exact) mass is 775 g/mol. The molecular weight excluding hydrogens is 685 g/mol. The van der Waals surface area contributed by atoms with Gasteiger partial charge < -0.3 is 14.2 Å². The minimum Gasteiger partial charge on any atom is -0.462 e. The molecular formula is C49H90O6. The molecule has 0 saturated carbocycles. The zero-order valence-electron chi connectivity index (χ0n) is 36.7. The van der Waals surface area contributed by atoms with Gasteiger partial charge in [0, 0.05) is 19.3 Å². The number of unbranched alkanes of at least 4 members (excludes halogenated alkanes) is 28. The van der Waals surface area contributed by atoms with Crippen LogP contribution in [0.4, 0.5) is 0 Å². The van der Waals surface area contributed by atoms with Gasteiger partial charge in [-0.25, -0.2) is 0 Å². The summed E-state index contributed by atoms with van der Waals surface area (Å²) in [6.07, 6.45) is 48.7. The summed E-state index contributed by atoms with van der Waals surface area (Å²) in [7, 11) is 0. The summed E-state index contributed by atoms with van der Waals surface area (Å²) in [6.45, 7) is 6.57. The van der Waals surface area contributed by atoms with Crippen molar-refractivity contribution >= 4 is 17.9 Å². The summed E-state index contributed by atoms with van der Waals surface area (Å²) >= 11 is 0. The van der Waals surface area contributed by atoms with Crippen molar-refractivity contribution in [3.63, 3.8) is 0 Å². The van der Waals surface area contributed by atoms with Crippen molar-refractivity contribution < 1.29 is 28.6 Å². The number of rotatable bonds is 43. The van der Waals surface area contributed by atoms with E-state index in [0.717, 1.165) is 70.6 Å². The van der Waals surface area contributed by atoms with Crippen molar-refractivity contribution in [1.29, 1.82) is 0 Å². The van der Waals surface area contributed by atoms with E-state index in [0.29, 0.717) is 19.3 Å². The van der Waals surface area contributed by atoms with Crippen molar-refractivity contribution in [2.75, 3.05) is 13.2 Å². The predicted molar refractivity (Wildman–Crippen MR) is 233 cm³/mol. The molecule has 1 atom stereocenters. The van der Waals surface area contributed by atoms with E-state index in [1.165, 1.54) is 141 Å². The highest BCUT2D eigenvalue weighted by molar-refractivity contribution is 5.71. The maximum absolute atomic E-state index is 12.7. The van der Waals surface area contributed by atoms with Gasteiger partial charge in [0.05, 0.1) is 0 Å². The zero-order valence-corrected chi connectivity index (χ0v) is 36.7. The molecule has 0 aliphatic carbocycles. The SMILES string of the molecule is CCCC/C=C\CCCCCCCC(=O)OC[C@H](COC(=O)CCCCCCCCCCCCCCCC)OC(=O)CCCCCCC/C=C\CCCCC. The first-order valence-electron chi connectivity index (χ1n) is 23.8. The first-order chi connectivity index (χ1) is 27.0. The number of carbonyl (C=O) groups excluding carboxylic acids is 3. The molecule has 0 radical (unpaired) electrons. The normalized spacial score (nSPS) is 12.1. The standard InChI is InChI=1S/C49H90O6/c1-4-7-10-13-16-19-22-24-25-28-30-33-36-39-42-48(51)54-45-46(44-53-47(50)41-38-35-32-29-26-21-18-15-12-9-6-3)55-49(52)43-40-37-34-31-27-23-20-17-14-11-8-5-2/h15,17-18,20,46H,4-14,16,19,21-45H2,1-3H3/b18-15-,20-17-/t46-/m1/s1. The van der Waals surface area contributed by atoms with Crippen LogP contribution in [0.5, 0.6) is 0 Å². The highest BCUT2D eigenvalue weighted by atomic mass is 16.6. The molecule has 0 fully saturated rings. The molecule has 0 heterocycles. The maximum Gasteiger partial charge on any atom is 0.306 e. The predicted octanol–water partition coefficient (Wildman–Crippen LogP) is 15.2. The number of hydrogen-bond acceptors (Lipinski definition) is 6. The second-order valence-corrected chi connectivity index (χ2v) is 16.0. The smallest absolute Gasteiger partial charge is 0.306 e. The summed E-state index contributed by atoms with van der Waals surface area (Å²) in [5.41, 5.74) is 0. The molecule has 0 rings (SSSR count). The fourth-order valence-corrected chi connectivity index (χ4v) is 6.77. The van der Waals surface area contributed by atoms with Gasteiger partial charge in [-0.2, -0.15) is 0 Å². The Morgan fingerprint density at radius 2 is 0.618 bits per heavy atom. The molecule has 0 aliphatic heterocycles. The van der Waals surface area contributed by atoms with Crippen LogP contribution in [0.25, 0.3) is 0 Å². The van der Waals surface area contributed by atoms with Crippen LogP contribution >= 0.6 is 0 Å². The lowest BCUT2D eigenvalue weighted by Crippen LogP contribution is -2.30. The highest BCUT2D eigenvalue weighted by Gasteiger charge is 2.19. The second-order valence-electron chi connectivity index (χ2n) is 16.0. The fraction of sp³-hybridized carbons (Fsp3) is 0.857. The Hall–Kier alpha value is -2.11. The van der Waals surface area contributed by atoms with E-state index in [9.17, 15) is 14.4 Å². The average Bonchev–Trinajstić information content (AvgIpc) is 3.18. The summed E-state index contributed by atoms with van der Waals surface area (Å²) in [5, 5.41) is 0. The zero-order chi connectivity index (χ0) is 40.1. The molecule has 55 heavy (non-hydrogen) atoms. The van der Waals surface area contributed by atoms with Crippen LogP contribution in [-0.4, -0.2) is 37.2 Å². The van der Waals surface area contributed by atoms with Crippen molar-refractivity contribution in [3.8, 4) is 0 Å². The van der Waals surface area contributed by atoms with Gasteiger partial charge >= 0.3 is 17.9 Å². The lowest BCUT2D eigenvalue weighted by atomic mass is 10.0. The van der Waals surface area contributed by atoms with Crippen LogP contribution in [0, 0.1) is 0 Å². The van der Waals surface area contributed by atoms with E-state index >= 15 is 0 Å². The van der Waals surface area contributed by atoms with Crippen LogP contribution in [0.3, 0.4) is 0 Å². The Kier molecular flexibility index (Phi) is 42.9. The van der Waals surface area contributed by atoms with Gasteiger partial charge in [-0.05, 0) is 64.2 Å². The molecule has 0 spiro atoms. The Bertz CT molecular complexity index is 896. The van der Waals surface area contributed by atoms with Gasteiger partial charge in [0.15, 0.2) is 6.10 Å². The van der Waals surface area contributed by atoms with Gasteiger partial charge in [0.2, 0.25) is 0 Å². The highest BCUT2D eigenvalue weighted by Crippen LogP contribution is 2.15. The van der Waals surface area contributed by atoms with Crippen LogP contribution in [-0.2, 0) is 28.6 Å². The molecule has 0 saturated heterocycles. The average molecular weight is 775 g/mol. The van der Waals surface area contributed by atoms with Crippen molar-refractivity contribution in [2.24, 2.45) is 0 Å². The van der Waals surface area contributed by atoms with Crippen LogP contribution in [0.1, 0.15) is 252 Å². The lowest BCUT2D eigenvalue weighted by Gasteiger charge is -2.18. The van der Waals surface area contributed by atoms with Crippen molar-refractivity contribution in [2.45, 2.75) is 258 Å². The maximum atomic E-state index is 12.7. The van der Waals surface area contributed by atoms with Gasteiger partial charge in [0.1, 0.15) is 13.2 Å². The summed E-state index contributed by atoms with van der Waals surface area (Å²) in [5.74, 6) is -0.887.